The molecule has 0 saturated carbocycles. The highest BCUT2D eigenvalue weighted by Gasteiger charge is 2.11. The summed E-state index contributed by atoms with van der Waals surface area (Å²) >= 11 is 17.4. The van der Waals surface area contributed by atoms with E-state index < -0.39 is 0 Å². The monoisotopic (exact) mass is 300 g/mol. The Balaban J connectivity index is 2.22. The van der Waals surface area contributed by atoms with Gasteiger partial charge in [0.2, 0.25) is 0 Å². The van der Waals surface area contributed by atoms with Gasteiger partial charge in [-0.05, 0) is 30.3 Å². The lowest BCUT2D eigenvalue weighted by Crippen LogP contribution is -2.13. The number of amides is 1. The molecular formula is C12H7Cl3N2O. The maximum Gasteiger partial charge on any atom is 0.258 e. The average Bonchev–Trinajstić information content (AvgIpc) is 2.28. The van der Waals surface area contributed by atoms with Gasteiger partial charge >= 0.3 is 0 Å². The van der Waals surface area contributed by atoms with Crippen LogP contribution >= 0.6 is 34.8 Å². The van der Waals surface area contributed by atoms with E-state index in [0.717, 1.165) is 0 Å². The van der Waals surface area contributed by atoms with Crippen molar-refractivity contribution in [3.05, 3.63) is 57.2 Å². The summed E-state index contributed by atoms with van der Waals surface area (Å²) in [7, 11) is 0. The molecule has 0 bridgehead atoms. The lowest BCUT2D eigenvalue weighted by Gasteiger charge is -2.06. The summed E-state index contributed by atoms with van der Waals surface area (Å²) in [5, 5.41) is 3.65. The van der Waals surface area contributed by atoms with E-state index in [0.29, 0.717) is 21.6 Å². The van der Waals surface area contributed by atoms with Crippen LogP contribution in [0.3, 0.4) is 0 Å². The highest BCUT2D eigenvalue weighted by molar-refractivity contribution is 6.37. The van der Waals surface area contributed by atoms with Crippen LogP contribution in [0.1, 0.15) is 10.4 Å². The third-order valence-corrected chi connectivity index (χ3v) is 2.89. The topological polar surface area (TPSA) is 42.0 Å². The summed E-state index contributed by atoms with van der Waals surface area (Å²) in [5.74, 6) is -0.00931. The minimum atomic E-state index is -0.369. The third-order valence-electron chi connectivity index (χ3n) is 2.13. The lowest BCUT2D eigenvalue weighted by molar-refractivity contribution is 0.102. The lowest BCUT2D eigenvalue weighted by atomic mass is 10.2. The van der Waals surface area contributed by atoms with E-state index in [-0.39, 0.29) is 10.9 Å². The Labute approximate surface area is 119 Å². The van der Waals surface area contributed by atoms with Crippen molar-refractivity contribution in [2.45, 2.75) is 0 Å². The van der Waals surface area contributed by atoms with Gasteiger partial charge < -0.3 is 5.32 Å². The standard InChI is InChI=1S/C12H7Cl3N2O/c13-7-4-5-8(9(14)6-7)12(18)17-11-3-1-2-10(15)16-11/h1-6H,(H,16,17,18). The molecule has 2 aromatic rings. The third kappa shape index (κ3) is 3.13. The molecule has 0 aliphatic carbocycles. The van der Waals surface area contributed by atoms with Gasteiger partial charge in [-0.25, -0.2) is 4.98 Å². The molecule has 1 aromatic carbocycles. The summed E-state index contributed by atoms with van der Waals surface area (Å²) in [6, 6.07) is 9.58. The van der Waals surface area contributed by atoms with Crippen LogP contribution in [0, 0.1) is 0 Å². The molecule has 0 atom stereocenters. The number of carbonyl (C=O) groups excluding carboxylic acids is 1. The predicted molar refractivity (Wildman–Crippen MR) is 73.7 cm³/mol. The van der Waals surface area contributed by atoms with Gasteiger partial charge in [0.05, 0.1) is 10.6 Å². The molecule has 1 heterocycles. The zero-order chi connectivity index (χ0) is 13.1. The SMILES string of the molecule is O=C(Nc1cccc(Cl)n1)c1ccc(Cl)cc1Cl. The summed E-state index contributed by atoms with van der Waals surface area (Å²) in [5.41, 5.74) is 0.322. The molecule has 2 rings (SSSR count). The van der Waals surface area contributed by atoms with Gasteiger partial charge in [-0.15, -0.1) is 0 Å². The van der Waals surface area contributed by atoms with Crippen LogP contribution in [-0.4, -0.2) is 10.9 Å². The number of anilines is 1. The number of rotatable bonds is 2. The van der Waals surface area contributed by atoms with Gasteiger partial charge in [0, 0.05) is 5.02 Å². The highest BCUT2D eigenvalue weighted by Crippen LogP contribution is 2.22. The molecule has 0 aliphatic rings. The van der Waals surface area contributed by atoms with E-state index in [4.69, 9.17) is 34.8 Å². The van der Waals surface area contributed by atoms with Gasteiger partial charge in [-0.1, -0.05) is 40.9 Å². The molecule has 0 aliphatic heterocycles. The van der Waals surface area contributed by atoms with Crippen LogP contribution in [0.4, 0.5) is 5.82 Å². The fourth-order valence-electron chi connectivity index (χ4n) is 1.34. The van der Waals surface area contributed by atoms with Crippen molar-refractivity contribution in [1.29, 1.82) is 0 Å². The number of aromatic nitrogens is 1. The largest absolute Gasteiger partial charge is 0.306 e. The molecule has 0 spiro atoms. The number of pyridine rings is 1. The second kappa shape index (κ2) is 5.57. The molecule has 1 amide bonds. The number of nitrogens with one attached hydrogen (secondary N) is 1. The average molecular weight is 302 g/mol. The smallest absolute Gasteiger partial charge is 0.258 e. The molecule has 3 nitrogen and oxygen atoms in total. The van der Waals surface area contributed by atoms with Crippen molar-refractivity contribution in [2.24, 2.45) is 0 Å². The second-order valence-corrected chi connectivity index (χ2v) is 4.65. The molecule has 0 saturated heterocycles. The fraction of sp³-hybridized carbons (Fsp3) is 0. The van der Waals surface area contributed by atoms with E-state index in [1.807, 2.05) is 0 Å². The van der Waals surface area contributed by atoms with Crippen LogP contribution in [0.15, 0.2) is 36.4 Å². The van der Waals surface area contributed by atoms with Crippen LogP contribution < -0.4 is 5.32 Å². The van der Waals surface area contributed by atoms with Gasteiger partial charge in [0.15, 0.2) is 0 Å². The summed E-state index contributed by atoms with van der Waals surface area (Å²) in [6.45, 7) is 0. The minimum Gasteiger partial charge on any atom is -0.306 e. The summed E-state index contributed by atoms with van der Waals surface area (Å²) < 4.78 is 0. The minimum absolute atomic E-state index is 0.280. The van der Waals surface area contributed by atoms with Crippen LogP contribution in [0.2, 0.25) is 15.2 Å². The van der Waals surface area contributed by atoms with E-state index >= 15 is 0 Å². The number of hydrogen-bond donors (Lipinski definition) is 1. The first kappa shape index (κ1) is 13.1. The Morgan fingerprint density at radius 1 is 1.11 bits per heavy atom. The van der Waals surface area contributed by atoms with Crippen LogP contribution in [0.25, 0.3) is 0 Å². The molecule has 1 aromatic heterocycles. The number of halogens is 3. The van der Waals surface area contributed by atoms with Crippen molar-refractivity contribution in [3.8, 4) is 0 Å². The van der Waals surface area contributed by atoms with E-state index in [1.165, 1.54) is 6.07 Å². The molecular weight excluding hydrogens is 295 g/mol. The Morgan fingerprint density at radius 3 is 2.56 bits per heavy atom. The molecule has 0 fully saturated rings. The van der Waals surface area contributed by atoms with Crippen molar-refractivity contribution < 1.29 is 4.79 Å². The number of carbonyl (C=O) groups is 1. The summed E-state index contributed by atoms with van der Waals surface area (Å²) in [4.78, 5) is 15.9. The number of hydrogen-bond acceptors (Lipinski definition) is 2. The zero-order valence-electron chi connectivity index (χ0n) is 8.95. The van der Waals surface area contributed by atoms with Crippen molar-refractivity contribution in [3.63, 3.8) is 0 Å². The maximum absolute atomic E-state index is 11.9. The fourth-order valence-corrected chi connectivity index (χ4v) is 1.99. The van der Waals surface area contributed by atoms with Gasteiger partial charge in [-0.2, -0.15) is 0 Å². The van der Waals surface area contributed by atoms with Gasteiger partial charge in [-0.3, -0.25) is 4.79 Å². The van der Waals surface area contributed by atoms with E-state index in [1.54, 1.807) is 30.3 Å². The zero-order valence-corrected chi connectivity index (χ0v) is 11.2. The first-order valence-electron chi connectivity index (χ1n) is 4.95. The maximum atomic E-state index is 11.9. The Hall–Kier alpha value is -1.29. The quantitative estimate of drug-likeness (QED) is 0.841. The molecule has 1 N–H and O–H groups in total. The molecule has 0 unspecified atom stereocenters. The first-order chi connectivity index (χ1) is 8.56. The van der Waals surface area contributed by atoms with Crippen LogP contribution in [-0.2, 0) is 0 Å². The van der Waals surface area contributed by atoms with Crippen molar-refractivity contribution in [1.82, 2.24) is 4.98 Å². The van der Waals surface area contributed by atoms with Crippen molar-refractivity contribution >= 4 is 46.5 Å². The number of nitrogens with zero attached hydrogens (tertiary/aromatic N) is 1. The highest BCUT2D eigenvalue weighted by atomic mass is 35.5. The van der Waals surface area contributed by atoms with Crippen molar-refractivity contribution in [2.75, 3.05) is 5.32 Å². The Morgan fingerprint density at radius 2 is 1.89 bits per heavy atom. The molecule has 6 heteroatoms. The van der Waals surface area contributed by atoms with E-state index in [9.17, 15) is 4.79 Å². The van der Waals surface area contributed by atoms with E-state index in [2.05, 4.69) is 10.3 Å². The Bertz CT molecular complexity index is 602. The normalized spacial score (nSPS) is 10.2. The Kier molecular flexibility index (Phi) is 4.07. The summed E-state index contributed by atoms with van der Waals surface area (Å²) in [6.07, 6.45) is 0. The van der Waals surface area contributed by atoms with Gasteiger partial charge in [0.25, 0.3) is 5.91 Å². The first-order valence-corrected chi connectivity index (χ1v) is 6.08. The number of benzene rings is 1. The molecule has 92 valence electrons. The van der Waals surface area contributed by atoms with Crippen LogP contribution in [0.5, 0.6) is 0 Å². The molecule has 0 radical (unpaired) electrons. The predicted octanol–water partition coefficient (Wildman–Crippen LogP) is 4.29. The second-order valence-electron chi connectivity index (χ2n) is 3.42. The molecule has 18 heavy (non-hydrogen) atoms. The van der Waals surface area contributed by atoms with Gasteiger partial charge in [0.1, 0.15) is 11.0 Å².